The third-order valence-corrected chi connectivity index (χ3v) is 3.02. The molecule has 2 aromatic rings. The minimum Gasteiger partial charge on any atom is -0.295 e. The SMILES string of the molecule is CN(CC(=O)c1c(F)cccc1F)Cc1ccc(F)cc1. The highest BCUT2D eigenvalue weighted by atomic mass is 19.1. The molecule has 0 aromatic heterocycles. The standard InChI is InChI=1S/C16H14F3NO/c1-20(9-11-5-7-12(17)8-6-11)10-15(21)16-13(18)3-2-4-14(16)19/h2-8H,9-10H2,1H3. The molecule has 21 heavy (non-hydrogen) atoms. The number of likely N-dealkylation sites (N-methyl/N-ethyl adjacent to an activating group) is 1. The largest absolute Gasteiger partial charge is 0.295 e. The summed E-state index contributed by atoms with van der Waals surface area (Å²) in [4.78, 5) is 13.6. The second-order valence-corrected chi connectivity index (χ2v) is 4.82. The molecule has 2 rings (SSSR count). The second-order valence-electron chi connectivity index (χ2n) is 4.82. The molecule has 0 saturated heterocycles. The van der Waals surface area contributed by atoms with E-state index < -0.39 is 23.0 Å². The number of nitrogens with zero attached hydrogens (tertiary/aromatic N) is 1. The van der Waals surface area contributed by atoms with Gasteiger partial charge in [0, 0.05) is 6.54 Å². The molecule has 0 spiro atoms. The summed E-state index contributed by atoms with van der Waals surface area (Å²) in [6, 6.07) is 9.15. The van der Waals surface area contributed by atoms with Crippen molar-refractivity contribution in [1.29, 1.82) is 0 Å². The van der Waals surface area contributed by atoms with Crippen molar-refractivity contribution in [2.75, 3.05) is 13.6 Å². The van der Waals surface area contributed by atoms with Gasteiger partial charge in [-0.3, -0.25) is 9.69 Å². The van der Waals surface area contributed by atoms with E-state index in [9.17, 15) is 18.0 Å². The van der Waals surface area contributed by atoms with Crippen LogP contribution in [0.1, 0.15) is 15.9 Å². The lowest BCUT2D eigenvalue weighted by Crippen LogP contribution is -2.26. The zero-order chi connectivity index (χ0) is 15.4. The van der Waals surface area contributed by atoms with Crippen molar-refractivity contribution in [3.05, 3.63) is 71.0 Å². The van der Waals surface area contributed by atoms with E-state index in [1.165, 1.54) is 18.2 Å². The second kappa shape index (κ2) is 6.54. The van der Waals surface area contributed by atoms with Crippen LogP contribution in [0.2, 0.25) is 0 Å². The molecule has 0 atom stereocenters. The number of Topliss-reactive ketones (excluding diaryl/α,β-unsaturated/α-hetero) is 1. The van der Waals surface area contributed by atoms with Crippen molar-refractivity contribution in [1.82, 2.24) is 4.90 Å². The minimum absolute atomic E-state index is 0.130. The Kier molecular flexibility index (Phi) is 4.75. The minimum atomic E-state index is -0.866. The number of hydrogen-bond donors (Lipinski definition) is 0. The first kappa shape index (κ1) is 15.3. The molecule has 0 bridgehead atoms. The van der Waals surface area contributed by atoms with Crippen LogP contribution in [-0.2, 0) is 6.54 Å². The molecular weight excluding hydrogens is 279 g/mol. The Morgan fingerprint density at radius 1 is 1.00 bits per heavy atom. The zero-order valence-corrected chi connectivity index (χ0v) is 11.4. The average Bonchev–Trinajstić information content (AvgIpc) is 2.41. The molecule has 2 aromatic carbocycles. The molecule has 0 aliphatic rings. The number of rotatable bonds is 5. The fraction of sp³-hybridized carbons (Fsp3) is 0.188. The van der Waals surface area contributed by atoms with Crippen LogP contribution >= 0.6 is 0 Å². The van der Waals surface area contributed by atoms with E-state index in [0.717, 1.165) is 17.7 Å². The molecule has 0 aliphatic carbocycles. The number of carbonyl (C=O) groups is 1. The summed E-state index contributed by atoms with van der Waals surface area (Å²) in [6.45, 7) is 0.247. The summed E-state index contributed by atoms with van der Waals surface area (Å²) < 4.78 is 39.8. The van der Waals surface area contributed by atoms with Gasteiger partial charge in [0.15, 0.2) is 5.78 Å². The van der Waals surface area contributed by atoms with Gasteiger partial charge in [-0.1, -0.05) is 18.2 Å². The summed E-state index contributed by atoms with van der Waals surface area (Å²) in [5.74, 6) is -2.70. The monoisotopic (exact) mass is 293 g/mol. The molecule has 0 N–H and O–H groups in total. The van der Waals surface area contributed by atoms with Gasteiger partial charge < -0.3 is 0 Å². The van der Waals surface area contributed by atoms with Gasteiger partial charge in [0.05, 0.1) is 12.1 Å². The van der Waals surface area contributed by atoms with Crippen LogP contribution in [0.4, 0.5) is 13.2 Å². The van der Waals surface area contributed by atoms with Crippen LogP contribution in [0.15, 0.2) is 42.5 Å². The van der Waals surface area contributed by atoms with Crippen LogP contribution in [0.5, 0.6) is 0 Å². The van der Waals surface area contributed by atoms with Gasteiger partial charge in [0.25, 0.3) is 0 Å². The Morgan fingerprint density at radius 2 is 1.57 bits per heavy atom. The van der Waals surface area contributed by atoms with Gasteiger partial charge in [-0.25, -0.2) is 13.2 Å². The highest BCUT2D eigenvalue weighted by Crippen LogP contribution is 2.14. The third kappa shape index (κ3) is 3.92. The fourth-order valence-electron chi connectivity index (χ4n) is 2.05. The van der Waals surface area contributed by atoms with E-state index in [1.807, 2.05) is 0 Å². The molecular formula is C16H14F3NO. The Bertz CT molecular complexity index is 620. The first-order valence-electron chi connectivity index (χ1n) is 6.37. The lowest BCUT2D eigenvalue weighted by atomic mass is 10.1. The van der Waals surface area contributed by atoms with E-state index in [1.54, 1.807) is 24.1 Å². The lowest BCUT2D eigenvalue weighted by molar-refractivity contribution is 0.0934. The summed E-state index contributed by atoms with van der Waals surface area (Å²) in [7, 11) is 1.65. The molecule has 0 fully saturated rings. The third-order valence-electron chi connectivity index (χ3n) is 3.02. The Hall–Kier alpha value is -2.14. The van der Waals surface area contributed by atoms with E-state index in [0.29, 0.717) is 6.54 Å². The first-order chi connectivity index (χ1) is 9.97. The van der Waals surface area contributed by atoms with Crippen LogP contribution in [-0.4, -0.2) is 24.3 Å². The van der Waals surface area contributed by atoms with Gasteiger partial charge in [-0.15, -0.1) is 0 Å². The molecule has 110 valence electrons. The van der Waals surface area contributed by atoms with Crippen LogP contribution < -0.4 is 0 Å². The van der Waals surface area contributed by atoms with Crippen LogP contribution in [0.3, 0.4) is 0 Å². The smallest absolute Gasteiger partial charge is 0.182 e. The number of benzene rings is 2. The Balaban J connectivity index is 2.04. The van der Waals surface area contributed by atoms with E-state index in [4.69, 9.17) is 0 Å². The summed E-state index contributed by atoms with van der Waals surface area (Å²) in [5.41, 5.74) is 0.282. The molecule has 0 amide bonds. The average molecular weight is 293 g/mol. The molecule has 0 unspecified atom stereocenters. The van der Waals surface area contributed by atoms with Gasteiger partial charge in [-0.2, -0.15) is 0 Å². The van der Waals surface area contributed by atoms with E-state index >= 15 is 0 Å². The zero-order valence-electron chi connectivity index (χ0n) is 11.4. The van der Waals surface area contributed by atoms with E-state index in [-0.39, 0.29) is 12.4 Å². The normalized spacial score (nSPS) is 10.9. The fourth-order valence-corrected chi connectivity index (χ4v) is 2.05. The van der Waals surface area contributed by atoms with Crippen molar-refractivity contribution < 1.29 is 18.0 Å². The summed E-state index contributed by atoms with van der Waals surface area (Å²) >= 11 is 0. The molecule has 0 heterocycles. The lowest BCUT2D eigenvalue weighted by Gasteiger charge is -2.16. The molecule has 2 nitrogen and oxygen atoms in total. The van der Waals surface area contributed by atoms with Crippen molar-refractivity contribution in [3.8, 4) is 0 Å². The Morgan fingerprint density at radius 3 is 2.14 bits per heavy atom. The first-order valence-corrected chi connectivity index (χ1v) is 6.37. The quantitative estimate of drug-likeness (QED) is 0.787. The van der Waals surface area contributed by atoms with Crippen LogP contribution in [0.25, 0.3) is 0 Å². The maximum absolute atomic E-state index is 13.5. The van der Waals surface area contributed by atoms with Crippen molar-refractivity contribution >= 4 is 5.78 Å². The van der Waals surface area contributed by atoms with Crippen LogP contribution in [0, 0.1) is 17.5 Å². The summed E-state index contributed by atoms with van der Waals surface area (Å²) in [6.07, 6.45) is 0. The highest BCUT2D eigenvalue weighted by molar-refractivity contribution is 5.98. The maximum atomic E-state index is 13.5. The highest BCUT2D eigenvalue weighted by Gasteiger charge is 2.18. The van der Waals surface area contributed by atoms with Gasteiger partial charge in [-0.05, 0) is 36.9 Å². The predicted molar refractivity (Wildman–Crippen MR) is 73.4 cm³/mol. The number of carbonyl (C=O) groups excluding carboxylic acids is 1. The predicted octanol–water partition coefficient (Wildman–Crippen LogP) is 3.42. The van der Waals surface area contributed by atoms with Crippen molar-refractivity contribution in [2.24, 2.45) is 0 Å². The number of halogens is 3. The summed E-state index contributed by atoms with van der Waals surface area (Å²) in [5, 5.41) is 0. The number of hydrogen-bond acceptors (Lipinski definition) is 2. The maximum Gasteiger partial charge on any atom is 0.182 e. The van der Waals surface area contributed by atoms with Crippen molar-refractivity contribution in [2.45, 2.75) is 6.54 Å². The van der Waals surface area contributed by atoms with E-state index in [2.05, 4.69) is 0 Å². The molecule has 0 aliphatic heterocycles. The van der Waals surface area contributed by atoms with Gasteiger partial charge >= 0.3 is 0 Å². The molecule has 0 saturated carbocycles. The number of ketones is 1. The molecule has 5 heteroatoms. The van der Waals surface area contributed by atoms with Gasteiger partial charge in [0.2, 0.25) is 0 Å². The topological polar surface area (TPSA) is 20.3 Å². The molecule has 0 radical (unpaired) electrons. The van der Waals surface area contributed by atoms with Gasteiger partial charge in [0.1, 0.15) is 17.5 Å². The Labute approximate surface area is 120 Å². The van der Waals surface area contributed by atoms with Crippen molar-refractivity contribution in [3.63, 3.8) is 0 Å².